The molecule has 0 aliphatic carbocycles. The molecule has 4 rings (SSSR count). The lowest BCUT2D eigenvalue weighted by Gasteiger charge is -2.40. The molecule has 2 heterocycles. The molecule has 7 nitrogen and oxygen atoms in total. The van der Waals surface area contributed by atoms with Gasteiger partial charge in [0.25, 0.3) is 5.91 Å². The van der Waals surface area contributed by atoms with Gasteiger partial charge in [-0.15, -0.1) is 0 Å². The highest BCUT2D eigenvalue weighted by molar-refractivity contribution is 7.93. The van der Waals surface area contributed by atoms with Crippen LogP contribution in [0.25, 0.3) is 0 Å². The molecule has 0 saturated carbocycles. The highest BCUT2D eigenvalue weighted by Gasteiger charge is 2.53. The van der Waals surface area contributed by atoms with Crippen molar-refractivity contribution in [3.8, 4) is 0 Å². The molecule has 1 aromatic heterocycles. The van der Waals surface area contributed by atoms with Gasteiger partial charge in [-0.05, 0) is 61.9 Å². The van der Waals surface area contributed by atoms with Gasteiger partial charge in [-0.3, -0.25) is 9.79 Å². The first-order valence-corrected chi connectivity index (χ1v) is 12.1. The van der Waals surface area contributed by atoms with E-state index in [0.717, 1.165) is 30.5 Å². The van der Waals surface area contributed by atoms with Crippen LogP contribution in [0, 0.1) is 17.5 Å². The second kappa shape index (κ2) is 8.49. The second-order valence-corrected chi connectivity index (χ2v) is 10.9. The molecule has 0 bridgehead atoms. The van der Waals surface area contributed by atoms with Gasteiger partial charge < -0.3 is 11.1 Å². The van der Waals surface area contributed by atoms with Crippen molar-refractivity contribution in [1.82, 2.24) is 4.98 Å². The molecule has 3 N–H and O–H groups in total. The summed E-state index contributed by atoms with van der Waals surface area (Å²) in [5, 5.41) is 2.53. The van der Waals surface area contributed by atoms with E-state index in [1.54, 1.807) is 0 Å². The van der Waals surface area contributed by atoms with Gasteiger partial charge in [0.2, 0.25) is 0 Å². The summed E-state index contributed by atoms with van der Waals surface area (Å²) in [5.41, 5.74) is 4.78. The smallest absolute Gasteiger partial charge is 0.274 e. The largest absolute Gasteiger partial charge is 0.386 e. The average Bonchev–Trinajstić information content (AvgIpc) is 2.79. The number of amides is 1. The maximum absolute atomic E-state index is 14.9. The van der Waals surface area contributed by atoms with Gasteiger partial charge in [-0.25, -0.2) is 26.6 Å². The summed E-state index contributed by atoms with van der Waals surface area (Å²) in [6.07, 6.45) is 0.883. The zero-order valence-corrected chi connectivity index (χ0v) is 19.5. The summed E-state index contributed by atoms with van der Waals surface area (Å²) in [6, 6.07) is 10.8. The zero-order valence-electron chi connectivity index (χ0n) is 18.7. The summed E-state index contributed by atoms with van der Waals surface area (Å²) in [7, 11) is -4.07. The predicted octanol–water partition coefficient (Wildman–Crippen LogP) is 3.67. The number of halogens is 3. The number of pyridine rings is 1. The zero-order chi connectivity index (χ0) is 25.6. The lowest BCUT2D eigenvalue weighted by atomic mass is 9.91. The maximum atomic E-state index is 14.9. The minimum absolute atomic E-state index is 0.0685. The lowest BCUT2D eigenvalue weighted by Crippen LogP contribution is -2.54. The minimum atomic E-state index is -4.07. The van der Waals surface area contributed by atoms with Gasteiger partial charge in [-0.1, -0.05) is 12.1 Å². The van der Waals surface area contributed by atoms with Crippen LogP contribution in [0.5, 0.6) is 0 Å². The first-order valence-electron chi connectivity index (χ1n) is 10.4. The summed E-state index contributed by atoms with van der Waals surface area (Å²) in [6.45, 7) is 2.80. The van der Waals surface area contributed by atoms with E-state index in [4.69, 9.17) is 5.73 Å². The Bertz CT molecular complexity index is 1440. The standard InChI is InChI=1S/C24H21F3N4O3S/c1-23(13-35(33,34)24(2,22(28)31-23)14-3-5-15(25)6-4-14)18-11-17(8-9-19(18)27)30-21(32)20-10-7-16(26)12-29-20/h3-12H,13H2,1-2H3,(H2,28,31)(H,30,32)/t23-,24-/m0/s1. The van der Waals surface area contributed by atoms with Crippen molar-refractivity contribution < 1.29 is 26.4 Å². The number of rotatable bonds is 4. The van der Waals surface area contributed by atoms with Crippen LogP contribution in [0.3, 0.4) is 0 Å². The number of carbonyl (C=O) groups excluding carboxylic acids is 1. The molecule has 35 heavy (non-hydrogen) atoms. The Labute approximate surface area is 199 Å². The van der Waals surface area contributed by atoms with E-state index in [1.165, 1.54) is 44.2 Å². The molecule has 1 aliphatic rings. The van der Waals surface area contributed by atoms with Crippen molar-refractivity contribution in [1.29, 1.82) is 0 Å². The Kier molecular flexibility index (Phi) is 5.92. The molecule has 2 atom stereocenters. The topological polar surface area (TPSA) is 115 Å². The molecule has 0 saturated heterocycles. The van der Waals surface area contributed by atoms with Gasteiger partial charge in [0.1, 0.15) is 34.5 Å². The number of nitrogens with two attached hydrogens (primary N) is 1. The molecule has 1 amide bonds. The molecule has 0 unspecified atom stereocenters. The number of carbonyl (C=O) groups is 1. The summed E-state index contributed by atoms with van der Waals surface area (Å²) in [5.74, 6) is -3.44. The Hall–Kier alpha value is -3.73. The van der Waals surface area contributed by atoms with Crippen LogP contribution in [0.1, 0.15) is 35.5 Å². The lowest BCUT2D eigenvalue weighted by molar-refractivity contribution is 0.102. The van der Waals surface area contributed by atoms with Crippen molar-refractivity contribution in [3.63, 3.8) is 0 Å². The van der Waals surface area contributed by atoms with Crippen LogP contribution in [-0.4, -0.2) is 30.9 Å². The van der Waals surface area contributed by atoms with Crippen molar-refractivity contribution in [2.75, 3.05) is 11.1 Å². The van der Waals surface area contributed by atoms with Crippen LogP contribution in [0.15, 0.2) is 65.8 Å². The number of aliphatic imine (C=N–C) groups is 1. The number of nitrogens with one attached hydrogen (secondary N) is 1. The number of sulfone groups is 1. The van der Waals surface area contributed by atoms with E-state index >= 15 is 0 Å². The van der Waals surface area contributed by atoms with Crippen LogP contribution < -0.4 is 11.1 Å². The first-order chi connectivity index (χ1) is 16.4. The third-order valence-electron chi connectivity index (χ3n) is 6.11. The highest BCUT2D eigenvalue weighted by Crippen LogP contribution is 2.43. The van der Waals surface area contributed by atoms with Crippen LogP contribution in [0.4, 0.5) is 18.9 Å². The van der Waals surface area contributed by atoms with Gasteiger partial charge in [0.05, 0.1) is 11.9 Å². The number of benzene rings is 2. The Morgan fingerprint density at radius 1 is 1.00 bits per heavy atom. The summed E-state index contributed by atoms with van der Waals surface area (Å²) in [4.78, 5) is 20.5. The van der Waals surface area contributed by atoms with E-state index < -0.39 is 49.2 Å². The van der Waals surface area contributed by atoms with E-state index in [2.05, 4.69) is 15.3 Å². The molecule has 2 aromatic carbocycles. The van der Waals surface area contributed by atoms with Crippen LogP contribution >= 0.6 is 0 Å². The van der Waals surface area contributed by atoms with Gasteiger partial charge in [-0.2, -0.15) is 0 Å². The van der Waals surface area contributed by atoms with E-state index in [9.17, 15) is 26.4 Å². The number of anilines is 1. The summed E-state index contributed by atoms with van der Waals surface area (Å²) < 4.78 is 66.7. The van der Waals surface area contributed by atoms with Gasteiger partial charge in [0.15, 0.2) is 14.6 Å². The normalized spacial score (nSPS) is 23.4. The molecule has 0 fully saturated rings. The molecular weight excluding hydrogens is 481 g/mol. The van der Waals surface area contributed by atoms with Crippen LogP contribution in [0.2, 0.25) is 0 Å². The monoisotopic (exact) mass is 502 g/mol. The minimum Gasteiger partial charge on any atom is -0.386 e. The van der Waals surface area contributed by atoms with Crippen molar-refractivity contribution in [3.05, 3.63) is 95.1 Å². The number of hydrogen-bond acceptors (Lipinski definition) is 6. The van der Waals surface area contributed by atoms with E-state index in [0.29, 0.717) is 0 Å². The second-order valence-electron chi connectivity index (χ2n) is 8.58. The van der Waals surface area contributed by atoms with Crippen molar-refractivity contribution in [2.45, 2.75) is 24.1 Å². The number of nitrogens with zero attached hydrogens (tertiary/aromatic N) is 2. The Morgan fingerprint density at radius 2 is 1.66 bits per heavy atom. The third-order valence-corrected chi connectivity index (χ3v) is 8.74. The SMILES string of the molecule is C[C@@]1(c2cc(NC(=O)c3ccc(F)cn3)ccc2F)CS(=O)(=O)[C@@](C)(c2ccc(F)cc2)C(N)=N1. The molecule has 11 heteroatoms. The maximum Gasteiger partial charge on any atom is 0.274 e. The fourth-order valence-corrected chi connectivity index (χ4v) is 6.14. The Balaban J connectivity index is 1.73. The summed E-state index contributed by atoms with van der Waals surface area (Å²) >= 11 is 0. The molecule has 0 spiro atoms. The fraction of sp³-hybridized carbons (Fsp3) is 0.208. The number of hydrogen-bond donors (Lipinski definition) is 2. The molecule has 0 radical (unpaired) electrons. The molecular formula is C24H21F3N4O3S. The number of amidine groups is 1. The number of aromatic nitrogens is 1. The van der Waals surface area contributed by atoms with Gasteiger partial charge >= 0.3 is 0 Å². The van der Waals surface area contributed by atoms with Crippen LogP contribution in [-0.2, 0) is 20.1 Å². The third kappa shape index (κ3) is 4.27. The molecule has 182 valence electrons. The van der Waals surface area contributed by atoms with Crippen molar-refractivity contribution >= 4 is 27.3 Å². The first kappa shape index (κ1) is 24.4. The predicted molar refractivity (Wildman–Crippen MR) is 125 cm³/mol. The quantitative estimate of drug-likeness (QED) is 0.565. The molecule has 1 aliphatic heterocycles. The van der Waals surface area contributed by atoms with E-state index in [-0.39, 0.29) is 28.3 Å². The Morgan fingerprint density at radius 3 is 2.26 bits per heavy atom. The fourth-order valence-electron chi connectivity index (χ4n) is 4.03. The van der Waals surface area contributed by atoms with E-state index in [1.807, 2.05) is 0 Å². The van der Waals surface area contributed by atoms with Crippen molar-refractivity contribution in [2.24, 2.45) is 10.7 Å². The average molecular weight is 503 g/mol. The molecule has 3 aromatic rings. The highest BCUT2D eigenvalue weighted by atomic mass is 32.2. The van der Waals surface area contributed by atoms with Gasteiger partial charge in [0, 0.05) is 11.3 Å².